The Kier molecular flexibility index (Phi) is 3.78. The van der Waals surface area contributed by atoms with E-state index >= 15 is 0 Å². The van der Waals surface area contributed by atoms with Crippen molar-refractivity contribution in [2.45, 2.75) is 12.5 Å². The fourth-order valence-electron chi connectivity index (χ4n) is 1.26. The SMILES string of the molecule is COc1cc(F)c(F)cc1[C@@H](O)CC(=O)O. The van der Waals surface area contributed by atoms with Crippen molar-refractivity contribution < 1.29 is 28.5 Å². The molecular weight excluding hydrogens is 222 g/mol. The predicted octanol–water partition coefficient (Wildman–Crippen LogP) is 1.48. The molecule has 0 amide bonds. The standard InChI is InChI=1S/C10H10F2O4/c1-16-9-3-7(12)6(11)2-5(9)8(13)4-10(14)15/h2-3,8,13H,4H2,1H3,(H,14,15)/t8-/m0/s1. The average Bonchev–Trinajstić information content (AvgIpc) is 2.20. The second kappa shape index (κ2) is 4.89. The molecule has 0 saturated heterocycles. The van der Waals surface area contributed by atoms with Crippen LogP contribution in [0, 0.1) is 11.6 Å². The fourth-order valence-corrected chi connectivity index (χ4v) is 1.26. The third-order valence-corrected chi connectivity index (χ3v) is 2.00. The van der Waals surface area contributed by atoms with Crippen molar-refractivity contribution in [2.24, 2.45) is 0 Å². The Bertz CT molecular complexity index is 406. The van der Waals surface area contributed by atoms with Gasteiger partial charge in [0.1, 0.15) is 5.75 Å². The van der Waals surface area contributed by atoms with E-state index in [9.17, 15) is 18.7 Å². The molecule has 0 heterocycles. The zero-order valence-corrected chi connectivity index (χ0v) is 8.41. The van der Waals surface area contributed by atoms with E-state index in [1.807, 2.05) is 0 Å². The van der Waals surface area contributed by atoms with Gasteiger partial charge in [-0.1, -0.05) is 0 Å². The maximum absolute atomic E-state index is 12.9. The maximum atomic E-state index is 12.9. The number of carboxylic acids is 1. The van der Waals surface area contributed by atoms with Gasteiger partial charge in [0.05, 0.1) is 19.6 Å². The lowest BCUT2D eigenvalue weighted by Crippen LogP contribution is -2.08. The Morgan fingerprint density at radius 1 is 1.44 bits per heavy atom. The molecule has 6 heteroatoms. The number of aliphatic carboxylic acids is 1. The van der Waals surface area contributed by atoms with Gasteiger partial charge < -0.3 is 14.9 Å². The fraction of sp³-hybridized carbons (Fsp3) is 0.300. The van der Waals surface area contributed by atoms with Gasteiger partial charge in [-0.2, -0.15) is 0 Å². The average molecular weight is 232 g/mol. The minimum atomic E-state index is -1.44. The van der Waals surface area contributed by atoms with Crippen LogP contribution in [0.1, 0.15) is 18.1 Å². The van der Waals surface area contributed by atoms with Crippen LogP contribution in [-0.2, 0) is 4.79 Å². The summed E-state index contributed by atoms with van der Waals surface area (Å²) in [5.41, 5.74) is -0.0937. The number of carbonyl (C=O) groups is 1. The molecule has 0 bridgehead atoms. The molecule has 0 unspecified atom stereocenters. The summed E-state index contributed by atoms with van der Waals surface area (Å²) < 4.78 is 30.4. The van der Waals surface area contributed by atoms with Crippen molar-refractivity contribution in [3.8, 4) is 5.75 Å². The number of hydrogen-bond donors (Lipinski definition) is 2. The van der Waals surface area contributed by atoms with Crippen LogP contribution in [0.4, 0.5) is 8.78 Å². The lowest BCUT2D eigenvalue weighted by atomic mass is 10.1. The molecule has 0 aromatic heterocycles. The number of rotatable bonds is 4. The minimum absolute atomic E-state index is 0.0901. The number of aliphatic hydroxyl groups excluding tert-OH is 1. The van der Waals surface area contributed by atoms with Crippen LogP contribution in [-0.4, -0.2) is 23.3 Å². The van der Waals surface area contributed by atoms with Gasteiger partial charge in [-0.15, -0.1) is 0 Å². The molecule has 0 aliphatic carbocycles. The van der Waals surface area contributed by atoms with Gasteiger partial charge in [0.15, 0.2) is 11.6 Å². The highest BCUT2D eigenvalue weighted by Crippen LogP contribution is 2.29. The number of carboxylic acid groups (broad SMARTS) is 1. The predicted molar refractivity (Wildman–Crippen MR) is 50.1 cm³/mol. The summed E-state index contributed by atoms with van der Waals surface area (Å²) >= 11 is 0. The normalized spacial score (nSPS) is 12.2. The molecule has 0 spiro atoms. The molecule has 4 nitrogen and oxygen atoms in total. The zero-order chi connectivity index (χ0) is 12.3. The Morgan fingerprint density at radius 2 is 2.00 bits per heavy atom. The zero-order valence-electron chi connectivity index (χ0n) is 8.41. The lowest BCUT2D eigenvalue weighted by Gasteiger charge is -2.13. The molecule has 1 rings (SSSR count). The first kappa shape index (κ1) is 12.4. The highest BCUT2D eigenvalue weighted by atomic mass is 19.2. The van der Waals surface area contributed by atoms with Crippen molar-refractivity contribution in [3.63, 3.8) is 0 Å². The van der Waals surface area contributed by atoms with Crippen LogP contribution in [0.15, 0.2) is 12.1 Å². The summed E-state index contributed by atoms with van der Waals surface area (Å²) in [7, 11) is 1.21. The summed E-state index contributed by atoms with van der Waals surface area (Å²) in [4.78, 5) is 10.4. The molecule has 16 heavy (non-hydrogen) atoms. The van der Waals surface area contributed by atoms with Crippen LogP contribution in [0.3, 0.4) is 0 Å². The van der Waals surface area contributed by atoms with Crippen LogP contribution in [0.5, 0.6) is 5.75 Å². The molecule has 1 aromatic rings. The van der Waals surface area contributed by atoms with Crippen LogP contribution in [0.2, 0.25) is 0 Å². The smallest absolute Gasteiger partial charge is 0.306 e. The molecule has 88 valence electrons. The van der Waals surface area contributed by atoms with Gasteiger partial charge in [0.25, 0.3) is 0 Å². The third-order valence-electron chi connectivity index (χ3n) is 2.00. The second-order valence-corrected chi connectivity index (χ2v) is 3.12. The highest BCUT2D eigenvalue weighted by Gasteiger charge is 2.19. The number of benzene rings is 1. The first-order chi connectivity index (χ1) is 7.45. The van der Waals surface area contributed by atoms with Crippen molar-refractivity contribution in [1.29, 1.82) is 0 Å². The number of hydrogen-bond acceptors (Lipinski definition) is 3. The number of aliphatic hydroxyl groups is 1. The molecular formula is C10H10F2O4. The minimum Gasteiger partial charge on any atom is -0.496 e. The lowest BCUT2D eigenvalue weighted by molar-refractivity contribution is -0.139. The van der Waals surface area contributed by atoms with Gasteiger partial charge in [-0.05, 0) is 6.07 Å². The van der Waals surface area contributed by atoms with Gasteiger partial charge in [-0.3, -0.25) is 4.79 Å². The van der Waals surface area contributed by atoms with E-state index in [0.717, 1.165) is 12.1 Å². The van der Waals surface area contributed by atoms with Gasteiger partial charge >= 0.3 is 5.97 Å². The topological polar surface area (TPSA) is 66.8 Å². The maximum Gasteiger partial charge on any atom is 0.306 e. The first-order valence-corrected chi connectivity index (χ1v) is 4.38. The summed E-state index contributed by atoms with van der Waals surface area (Å²) in [6, 6.07) is 1.48. The Labute approximate surface area is 90.1 Å². The second-order valence-electron chi connectivity index (χ2n) is 3.12. The largest absolute Gasteiger partial charge is 0.496 e. The van der Waals surface area contributed by atoms with E-state index in [-0.39, 0.29) is 11.3 Å². The summed E-state index contributed by atoms with van der Waals surface area (Å²) in [6.45, 7) is 0. The Hall–Kier alpha value is -1.69. The summed E-state index contributed by atoms with van der Waals surface area (Å²) in [5, 5.41) is 17.9. The van der Waals surface area contributed by atoms with Crippen LogP contribution >= 0.6 is 0 Å². The van der Waals surface area contributed by atoms with E-state index in [1.165, 1.54) is 7.11 Å². The van der Waals surface area contributed by atoms with Gasteiger partial charge in [0, 0.05) is 11.6 Å². The van der Waals surface area contributed by atoms with Gasteiger partial charge in [0.2, 0.25) is 0 Å². The number of halogens is 2. The van der Waals surface area contributed by atoms with E-state index in [2.05, 4.69) is 0 Å². The third kappa shape index (κ3) is 2.66. The molecule has 0 fully saturated rings. The molecule has 2 N–H and O–H groups in total. The molecule has 0 aliphatic heterocycles. The number of methoxy groups -OCH3 is 1. The van der Waals surface area contributed by atoms with Crippen LogP contribution in [0.25, 0.3) is 0 Å². The van der Waals surface area contributed by atoms with E-state index in [1.54, 1.807) is 0 Å². The van der Waals surface area contributed by atoms with Crippen molar-refractivity contribution in [2.75, 3.05) is 7.11 Å². The Morgan fingerprint density at radius 3 is 2.50 bits per heavy atom. The summed E-state index contributed by atoms with van der Waals surface area (Å²) in [5.74, 6) is -3.63. The molecule has 1 aromatic carbocycles. The Balaban J connectivity index is 3.10. The van der Waals surface area contributed by atoms with Crippen LogP contribution < -0.4 is 4.74 Å². The highest BCUT2D eigenvalue weighted by molar-refractivity contribution is 5.68. The van der Waals surface area contributed by atoms with E-state index in [0.29, 0.717) is 0 Å². The van der Waals surface area contributed by atoms with Crippen molar-refractivity contribution in [1.82, 2.24) is 0 Å². The molecule has 0 aliphatic rings. The molecule has 1 atom stereocenters. The van der Waals surface area contributed by atoms with Crippen molar-refractivity contribution >= 4 is 5.97 Å². The number of ether oxygens (including phenoxy) is 1. The molecule has 0 radical (unpaired) electrons. The van der Waals surface area contributed by atoms with E-state index in [4.69, 9.17) is 9.84 Å². The monoisotopic (exact) mass is 232 g/mol. The van der Waals surface area contributed by atoms with E-state index < -0.39 is 30.1 Å². The quantitative estimate of drug-likeness (QED) is 0.825. The van der Waals surface area contributed by atoms with Gasteiger partial charge in [-0.25, -0.2) is 8.78 Å². The molecule has 0 saturated carbocycles. The first-order valence-electron chi connectivity index (χ1n) is 4.38. The summed E-state index contributed by atoms with van der Waals surface area (Å²) in [6.07, 6.45) is -2.05. The van der Waals surface area contributed by atoms with Crippen molar-refractivity contribution in [3.05, 3.63) is 29.3 Å².